The largest absolute Gasteiger partial charge is 0.469 e. The van der Waals surface area contributed by atoms with E-state index in [9.17, 15) is 9.18 Å². The number of fused-ring (bicyclic) bond motifs is 1. The molecule has 1 aliphatic heterocycles. The number of carbonyl (C=O) groups is 1. The number of rotatable bonds is 3. The SMILES string of the molecule is Cc1oncc1C(=O)N1CCO[C@@H]2[C@H]1CC[C@H]2Oc1ncccc1F. The van der Waals surface area contributed by atoms with Crippen LogP contribution < -0.4 is 4.74 Å². The minimum absolute atomic E-state index is 0.0323. The van der Waals surface area contributed by atoms with E-state index in [1.165, 1.54) is 24.5 Å². The molecule has 132 valence electrons. The summed E-state index contributed by atoms with van der Waals surface area (Å²) in [5.41, 5.74) is 0.459. The molecule has 0 N–H and O–H groups in total. The van der Waals surface area contributed by atoms with E-state index in [2.05, 4.69) is 10.1 Å². The quantitative estimate of drug-likeness (QED) is 0.845. The average molecular weight is 347 g/mol. The maximum atomic E-state index is 13.8. The third-order valence-electron chi connectivity index (χ3n) is 4.77. The van der Waals surface area contributed by atoms with E-state index in [0.717, 1.165) is 6.42 Å². The van der Waals surface area contributed by atoms with Crippen molar-refractivity contribution in [1.82, 2.24) is 15.0 Å². The number of nitrogens with zero attached hydrogens (tertiary/aromatic N) is 3. The Balaban J connectivity index is 1.52. The molecule has 8 heteroatoms. The molecule has 0 spiro atoms. The van der Waals surface area contributed by atoms with Gasteiger partial charge in [-0.2, -0.15) is 0 Å². The molecule has 25 heavy (non-hydrogen) atoms. The summed E-state index contributed by atoms with van der Waals surface area (Å²) in [6, 6.07) is 2.70. The van der Waals surface area contributed by atoms with Crippen LogP contribution in [0.25, 0.3) is 0 Å². The summed E-state index contributed by atoms with van der Waals surface area (Å²) in [5, 5.41) is 3.68. The summed E-state index contributed by atoms with van der Waals surface area (Å²) in [4.78, 5) is 18.5. The van der Waals surface area contributed by atoms with Crippen LogP contribution in [0.4, 0.5) is 4.39 Å². The van der Waals surface area contributed by atoms with Crippen LogP contribution in [-0.4, -0.2) is 52.3 Å². The second-order valence-corrected chi connectivity index (χ2v) is 6.22. The lowest BCUT2D eigenvalue weighted by atomic mass is 10.1. The number of aromatic nitrogens is 2. The topological polar surface area (TPSA) is 77.7 Å². The van der Waals surface area contributed by atoms with Crippen LogP contribution in [0.3, 0.4) is 0 Å². The molecular formula is C17H18FN3O4. The second kappa shape index (κ2) is 6.44. The highest BCUT2D eigenvalue weighted by molar-refractivity contribution is 5.95. The monoisotopic (exact) mass is 347 g/mol. The Kier molecular flexibility index (Phi) is 4.12. The smallest absolute Gasteiger partial charge is 0.259 e. The summed E-state index contributed by atoms with van der Waals surface area (Å²) < 4.78 is 30.4. The Hall–Kier alpha value is -2.48. The van der Waals surface area contributed by atoms with Gasteiger partial charge in [-0.15, -0.1) is 0 Å². The molecule has 1 aliphatic carbocycles. The Morgan fingerprint density at radius 2 is 2.32 bits per heavy atom. The molecule has 3 heterocycles. The van der Waals surface area contributed by atoms with Gasteiger partial charge in [-0.05, 0) is 31.9 Å². The maximum Gasteiger partial charge on any atom is 0.259 e. The Morgan fingerprint density at radius 1 is 1.44 bits per heavy atom. The summed E-state index contributed by atoms with van der Waals surface area (Å²) in [6.07, 6.45) is 3.66. The van der Waals surface area contributed by atoms with Crippen molar-refractivity contribution in [3.8, 4) is 5.88 Å². The predicted octanol–water partition coefficient (Wildman–Crippen LogP) is 1.97. The lowest BCUT2D eigenvalue weighted by Crippen LogP contribution is -2.54. The van der Waals surface area contributed by atoms with Gasteiger partial charge in [0.1, 0.15) is 23.5 Å². The number of hydrogen-bond acceptors (Lipinski definition) is 6. The van der Waals surface area contributed by atoms with Crippen LogP contribution in [0, 0.1) is 12.7 Å². The fraction of sp³-hybridized carbons (Fsp3) is 0.471. The number of pyridine rings is 1. The second-order valence-electron chi connectivity index (χ2n) is 6.22. The molecule has 0 unspecified atom stereocenters. The van der Waals surface area contributed by atoms with Gasteiger partial charge in [0.25, 0.3) is 11.8 Å². The van der Waals surface area contributed by atoms with Crippen molar-refractivity contribution in [2.24, 2.45) is 0 Å². The van der Waals surface area contributed by atoms with Crippen LogP contribution in [0.15, 0.2) is 29.0 Å². The summed E-state index contributed by atoms with van der Waals surface area (Å²) >= 11 is 0. The van der Waals surface area contributed by atoms with Crippen molar-refractivity contribution in [2.45, 2.75) is 38.0 Å². The molecule has 0 bridgehead atoms. The van der Waals surface area contributed by atoms with Crippen molar-refractivity contribution in [3.05, 3.63) is 41.7 Å². The number of carbonyl (C=O) groups excluding carboxylic acids is 1. The van der Waals surface area contributed by atoms with Gasteiger partial charge in [-0.1, -0.05) is 5.16 Å². The summed E-state index contributed by atoms with van der Waals surface area (Å²) in [6.45, 7) is 2.61. The lowest BCUT2D eigenvalue weighted by Gasteiger charge is -2.38. The van der Waals surface area contributed by atoms with Gasteiger partial charge in [0.15, 0.2) is 5.82 Å². The van der Waals surface area contributed by atoms with E-state index in [4.69, 9.17) is 14.0 Å². The average Bonchev–Trinajstić information content (AvgIpc) is 3.23. The van der Waals surface area contributed by atoms with Gasteiger partial charge < -0.3 is 18.9 Å². The summed E-state index contributed by atoms with van der Waals surface area (Å²) in [5.74, 6) is -0.166. The molecule has 2 aromatic heterocycles. The third kappa shape index (κ3) is 2.86. The Bertz CT molecular complexity index is 781. The molecule has 0 radical (unpaired) electrons. The molecule has 0 aromatic carbocycles. The van der Waals surface area contributed by atoms with Gasteiger partial charge in [0.2, 0.25) is 0 Å². The number of aryl methyl sites for hydroxylation is 1. The van der Waals surface area contributed by atoms with Crippen LogP contribution in [-0.2, 0) is 4.74 Å². The zero-order valence-corrected chi connectivity index (χ0v) is 13.7. The van der Waals surface area contributed by atoms with Crippen LogP contribution >= 0.6 is 0 Å². The highest BCUT2D eigenvalue weighted by Crippen LogP contribution is 2.34. The van der Waals surface area contributed by atoms with Crippen molar-refractivity contribution in [2.75, 3.05) is 13.2 Å². The van der Waals surface area contributed by atoms with E-state index in [-0.39, 0.29) is 30.0 Å². The highest BCUT2D eigenvalue weighted by Gasteiger charge is 2.46. The van der Waals surface area contributed by atoms with Crippen LogP contribution in [0.1, 0.15) is 29.0 Å². The first-order chi connectivity index (χ1) is 12.1. The van der Waals surface area contributed by atoms with E-state index in [1.807, 2.05) is 0 Å². The normalized spacial score (nSPS) is 25.7. The number of halogens is 1. The zero-order valence-electron chi connectivity index (χ0n) is 13.7. The van der Waals surface area contributed by atoms with Gasteiger partial charge in [0, 0.05) is 12.7 Å². The summed E-state index contributed by atoms with van der Waals surface area (Å²) in [7, 11) is 0. The molecule has 1 saturated heterocycles. The zero-order chi connectivity index (χ0) is 17.4. The molecule has 4 rings (SSSR count). The molecular weight excluding hydrogens is 329 g/mol. The van der Waals surface area contributed by atoms with Gasteiger partial charge in [-0.25, -0.2) is 9.37 Å². The first kappa shape index (κ1) is 16.0. The van der Waals surface area contributed by atoms with E-state index < -0.39 is 5.82 Å². The third-order valence-corrected chi connectivity index (χ3v) is 4.77. The molecule has 1 amide bonds. The molecule has 1 saturated carbocycles. The van der Waals surface area contributed by atoms with Crippen molar-refractivity contribution >= 4 is 5.91 Å². The van der Waals surface area contributed by atoms with Gasteiger partial charge in [-0.3, -0.25) is 4.79 Å². The standard InChI is InChI=1S/C17H18FN3O4/c1-10-11(9-20-25-10)17(22)21-7-8-23-15-13(21)4-5-14(15)24-16-12(18)3-2-6-19-16/h2-3,6,9,13-15H,4-5,7-8H2,1H3/t13-,14-,15-/m1/s1. The van der Waals surface area contributed by atoms with Crippen LogP contribution in [0.2, 0.25) is 0 Å². The van der Waals surface area contributed by atoms with E-state index in [0.29, 0.717) is 30.9 Å². The molecule has 7 nitrogen and oxygen atoms in total. The van der Waals surface area contributed by atoms with Gasteiger partial charge in [0.05, 0.1) is 18.8 Å². The molecule has 2 aliphatic rings. The predicted molar refractivity (Wildman–Crippen MR) is 83.6 cm³/mol. The minimum Gasteiger partial charge on any atom is -0.469 e. The Morgan fingerprint density at radius 3 is 3.08 bits per heavy atom. The van der Waals surface area contributed by atoms with E-state index >= 15 is 0 Å². The van der Waals surface area contributed by atoms with Crippen molar-refractivity contribution in [1.29, 1.82) is 0 Å². The fourth-order valence-electron chi connectivity index (χ4n) is 3.55. The first-order valence-corrected chi connectivity index (χ1v) is 8.26. The lowest BCUT2D eigenvalue weighted by molar-refractivity contribution is -0.0799. The maximum absolute atomic E-state index is 13.8. The number of ether oxygens (including phenoxy) is 2. The number of amides is 1. The molecule has 3 atom stereocenters. The van der Waals surface area contributed by atoms with Gasteiger partial charge >= 0.3 is 0 Å². The van der Waals surface area contributed by atoms with Crippen molar-refractivity contribution in [3.63, 3.8) is 0 Å². The minimum atomic E-state index is -0.505. The van der Waals surface area contributed by atoms with Crippen molar-refractivity contribution < 1.29 is 23.2 Å². The van der Waals surface area contributed by atoms with E-state index in [1.54, 1.807) is 11.8 Å². The Labute approximate surface area is 143 Å². The first-order valence-electron chi connectivity index (χ1n) is 8.26. The van der Waals surface area contributed by atoms with Crippen LogP contribution in [0.5, 0.6) is 5.88 Å². The highest BCUT2D eigenvalue weighted by atomic mass is 19.1. The number of hydrogen-bond donors (Lipinski definition) is 0. The molecule has 2 aromatic rings. The molecule has 2 fully saturated rings. The number of morpholine rings is 1. The fourth-order valence-corrected chi connectivity index (χ4v) is 3.55.